The van der Waals surface area contributed by atoms with E-state index in [4.69, 9.17) is 9.26 Å². The summed E-state index contributed by atoms with van der Waals surface area (Å²) in [5, 5.41) is 3.72. The van der Waals surface area contributed by atoms with Crippen LogP contribution in [0.2, 0.25) is 0 Å². The zero-order valence-corrected chi connectivity index (χ0v) is 9.08. The molecule has 0 fully saturated rings. The molecule has 1 aromatic carbocycles. The van der Waals surface area contributed by atoms with E-state index >= 15 is 0 Å². The molecule has 17 heavy (non-hydrogen) atoms. The molecule has 4 heteroatoms. The lowest BCUT2D eigenvalue weighted by molar-refractivity contribution is -0.104. The molecule has 86 valence electrons. The van der Waals surface area contributed by atoms with E-state index in [0.717, 1.165) is 5.56 Å². The van der Waals surface area contributed by atoms with Gasteiger partial charge in [0.25, 0.3) is 5.88 Å². The molecular weight excluding hydrogens is 218 g/mol. The Balaban J connectivity index is 1.93. The van der Waals surface area contributed by atoms with Crippen molar-refractivity contribution in [2.45, 2.75) is 6.61 Å². The van der Waals surface area contributed by atoms with Crippen LogP contribution in [0.1, 0.15) is 11.3 Å². The van der Waals surface area contributed by atoms with Crippen molar-refractivity contribution in [2.24, 2.45) is 0 Å². The van der Waals surface area contributed by atoms with E-state index in [2.05, 4.69) is 5.16 Å². The molecule has 4 nitrogen and oxygen atoms in total. The number of carbonyl (C=O) groups excluding carboxylic acids is 1. The van der Waals surface area contributed by atoms with E-state index in [-0.39, 0.29) is 0 Å². The lowest BCUT2D eigenvalue weighted by atomic mass is 10.2. The van der Waals surface area contributed by atoms with Crippen LogP contribution in [-0.4, -0.2) is 11.4 Å². The number of benzene rings is 1. The van der Waals surface area contributed by atoms with Gasteiger partial charge in [0.2, 0.25) is 0 Å². The lowest BCUT2D eigenvalue weighted by Crippen LogP contribution is -1.94. The van der Waals surface area contributed by atoms with Crippen molar-refractivity contribution in [3.8, 4) is 5.88 Å². The van der Waals surface area contributed by atoms with Gasteiger partial charge < -0.3 is 9.26 Å². The highest BCUT2D eigenvalue weighted by Crippen LogP contribution is 2.14. The van der Waals surface area contributed by atoms with Gasteiger partial charge >= 0.3 is 0 Å². The first-order valence-electron chi connectivity index (χ1n) is 5.14. The summed E-state index contributed by atoms with van der Waals surface area (Å²) < 4.78 is 10.4. The van der Waals surface area contributed by atoms with Gasteiger partial charge in [-0.05, 0) is 22.9 Å². The summed E-state index contributed by atoms with van der Waals surface area (Å²) in [6.45, 7) is 0.435. The van der Waals surface area contributed by atoms with Crippen LogP contribution in [0, 0.1) is 0 Å². The maximum atomic E-state index is 10.1. The van der Waals surface area contributed by atoms with Crippen LogP contribution in [0.4, 0.5) is 0 Å². The van der Waals surface area contributed by atoms with Crippen LogP contribution in [-0.2, 0) is 11.4 Å². The van der Waals surface area contributed by atoms with Gasteiger partial charge in [0, 0.05) is 6.07 Å². The quantitative estimate of drug-likeness (QED) is 0.583. The van der Waals surface area contributed by atoms with Crippen LogP contribution in [0.5, 0.6) is 5.88 Å². The Bertz CT molecular complexity index is 502. The molecule has 0 aliphatic rings. The Hall–Kier alpha value is -2.36. The SMILES string of the molecule is O=C/C=C/c1cc(OCc2ccccc2)no1. The van der Waals surface area contributed by atoms with E-state index in [1.165, 1.54) is 12.2 Å². The molecule has 1 heterocycles. The molecule has 0 bridgehead atoms. The molecule has 0 aliphatic carbocycles. The summed E-state index contributed by atoms with van der Waals surface area (Å²) >= 11 is 0. The minimum absolute atomic E-state index is 0.402. The second-order valence-electron chi connectivity index (χ2n) is 3.34. The van der Waals surface area contributed by atoms with Crippen molar-refractivity contribution in [1.29, 1.82) is 0 Å². The Morgan fingerprint density at radius 3 is 2.88 bits per heavy atom. The Morgan fingerprint density at radius 2 is 2.12 bits per heavy atom. The number of aromatic nitrogens is 1. The van der Waals surface area contributed by atoms with Gasteiger partial charge in [0.05, 0.1) is 0 Å². The minimum atomic E-state index is 0.402. The zero-order chi connectivity index (χ0) is 11.9. The van der Waals surface area contributed by atoms with Crippen molar-refractivity contribution in [2.75, 3.05) is 0 Å². The number of aldehydes is 1. The summed E-state index contributed by atoms with van der Waals surface area (Å²) in [5.74, 6) is 0.888. The fraction of sp³-hybridized carbons (Fsp3) is 0.0769. The topological polar surface area (TPSA) is 52.3 Å². The fourth-order valence-corrected chi connectivity index (χ4v) is 1.28. The molecule has 0 aliphatic heterocycles. The van der Waals surface area contributed by atoms with E-state index in [0.29, 0.717) is 24.5 Å². The summed E-state index contributed by atoms with van der Waals surface area (Å²) in [4.78, 5) is 10.1. The number of hydrogen-bond donors (Lipinski definition) is 0. The van der Waals surface area contributed by atoms with Crippen molar-refractivity contribution in [3.63, 3.8) is 0 Å². The van der Waals surface area contributed by atoms with Gasteiger partial charge in [-0.25, -0.2) is 0 Å². The van der Waals surface area contributed by atoms with Gasteiger partial charge in [-0.15, -0.1) is 0 Å². The predicted octanol–water partition coefficient (Wildman–Crippen LogP) is 2.47. The van der Waals surface area contributed by atoms with E-state index < -0.39 is 0 Å². The Morgan fingerprint density at radius 1 is 1.29 bits per heavy atom. The first-order chi connectivity index (χ1) is 8.38. The Labute approximate surface area is 98.5 Å². The summed E-state index contributed by atoms with van der Waals surface area (Å²) in [6.07, 6.45) is 3.53. The molecule has 0 saturated heterocycles. The van der Waals surface area contributed by atoms with Crippen LogP contribution >= 0.6 is 0 Å². The first-order valence-corrected chi connectivity index (χ1v) is 5.14. The molecule has 0 spiro atoms. The average molecular weight is 229 g/mol. The average Bonchev–Trinajstić information content (AvgIpc) is 2.83. The third-order valence-corrected chi connectivity index (χ3v) is 2.08. The zero-order valence-electron chi connectivity index (χ0n) is 9.08. The molecule has 0 saturated carbocycles. The highest BCUT2D eigenvalue weighted by atomic mass is 16.5. The molecular formula is C13H11NO3. The molecule has 2 rings (SSSR count). The summed E-state index contributed by atoms with van der Waals surface area (Å²) in [6, 6.07) is 11.4. The number of rotatable bonds is 5. The molecule has 0 N–H and O–H groups in total. The molecule has 1 aromatic heterocycles. The number of hydrogen-bond acceptors (Lipinski definition) is 4. The highest BCUT2D eigenvalue weighted by molar-refractivity contribution is 5.72. The van der Waals surface area contributed by atoms with Crippen LogP contribution < -0.4 is 4.74 Å². The summed E-state index contributed by atoms with van der Waals surface area (Å²) in [7, 11) is 0. The first kappa shape index (κ1) is 11.1. The number of ether oxygens (including phenoxy) is 1. The fourth-order valence-electron chi connectivity index (χ4n) is 1.28. The molecule has 0 unspecified atom stereocenters. The standard InChI is InChI=1S/C13H11NO3/c15-8-4-7-12-9-13(14-17-12)16-10-11-5-2-1-3-6-11/h1-9H,10H2/b7-4+. The third kappa shape index (κ3) is 3.31. The normalized spacial score (nSPS) is 10.6. The lowest BCUT2D eigenvalue weighted by Gasteiger charge is -2.00. The third-order valence-electron chi connectivity index (χ3n) is 2.08. The van der Waals surface area contributed by atoms with Crippen molar-refractivity contribution in [3.05, 3.63) is 53.8 Å². The predicted molar refractivity (Wildman–Crippen MR) is 62.4 cm³/mol. The van der Waals surface area contributed by atoms with Gasteiger partial charge in [0.1, 0.15) is 12.9 Å². The highest BCUT2D eigenvalue weighted by Gasteiger charge is 2.02. The van der Waals surface area contributed by atoms with E-state index in [9.17, 15) is 4.79 Å². The van der Waals surface area contributed by atoms with E-state index in [1.54, 1.807) is 6.07 Å². The van der Waals surface area contributed by atoms with Crippen molar-refractivity contribution < 1.29 is 14.1 Å². The van der Waals surface area contributed by atoms with Crippen LogP contribution in [0.15, 0.2) is 47.0 Å². The number of carbonyl (C=O) groups is 1. The number of nitrogens with zero attached hydrogens (tertiary/aromatic N) is 1. The van der Waals surface area contributed by atoms with Gasteiger partial charge in [0.15, 0.2) is 5.76 Å². The van der Waals surface area contributed by atoms with Crippen molar-refractivity contribution >= 4 is 12.4 Å². The monoisotopic (exact) mass is 229 g/mol. The van der Waals surface area contributed by atoms with Gasteiger partial charge in [-0.2, -0.15) is 0 Å². The Kier molecular flexibility index (Phi) is 3.70. The summed E-state index contributed by atoms with van der Waals surface area (Å²) in [5.41, 5.74) is 1.06. The maximum absolute atomic E-state index is 10.1. The second kappa shape index (κ2) is 5.65. The largest absolute Gasteiger partial charge is 0.471 e. The van der Waals surface area contributed by atoms with Crippen molar-refractivity contribution in [1.82, 2.24) is 5.16 Å². The molecule has 0 atom stereocenters. The van der Waals surface area contributed by atoms with Gasteiger partial charge in [-0.1, -0.05) is 30.3 Å². The van der Waals surface area contributed by atoms with Crippen LogP contribution in [0.3, 0.4) is 0 Å². The van der Waals surface area contributed by atoms with Crippen LogP contribution in [0.25, 0.3) is 6.08 Å². The maximum Gasteiger partial charge on any atom is 0.255 e. The smallest absolute Gasteiger partial charge is 0.255 e. The second-order valence-corrected chi connectivity index (χ2v) is 3.34. The number of allylic oxidation sites excluding steroid dienone is 1. The molecule has 2 aromatic rings. The molecule has 0 amide bonds. The minimum Gasteiger partial charge on any atom is -0.471 e. The molecule has 0 radical (unpaired) electrons. The van der Waals surface area contributed by atoms with E-state index in [1.807, 2.05) is 30.3 Å². The van der Waals surface area contributed by atoms with Gasteiger partial charge in [-0.3, -0.25) is 4.79 Å².